The Hall–Kier alpha value is -2.43. The molecular formula is C14H14N2O3. The number of ketones is 1. The fourth-order valence-corrected chi connectivity index (χ4v) is 1.90. The SMILES string of the molecule is COc1ccccc1C(=O)c1cc(C)nn(C)c1=O. The summed E-state index contributed by atoms with van der Waals surface area (Å²) < 4.78 is 6.31. The number of aromatic nitrogens is 2. The number of benzene rings is 1. The van der Waals surface area contributed by atoms with Gasteiger partial charge in [-0.25, -0.2) is 4.68 Å². The van der Waals surface area contributed by atoms with Gasteiger partial charge in [-0.05, 0) is 25.1 Å². The molecule has 0 aliphatic rings. The van der Waals surface area contributed by atoms with Gasteiger partial charge in [-0.3, -0.25) is 9.59 Å². The monoisotopic (exact) mass is 258 g/mol. The Morgan fingerprint density at radius 2 is 1.95 bits per heavy atom. The summed E-state index contributed by atoms with van der Waals surface area (Å²) >= 11 is 0. The van der Waals surface area contributed by atoms with E-state index in [0.717, 1.165) is 4.68 Å². The fourth-order valence-electron chi connectivity index (χ4n) is 1.90. The second-order valence-corrected chi connectivity index (χ2v) is 4.16. The van der Waals surface area contributed by atoms with Crippen molar-refractivity contribution in [1.29, 1.82) is 0 Å². The lowest BCUT2D eigenvalue weighted by molar-refractivity contribution is 0.103. The number of para-hydroxylation sites is 1. The van der Waals surface area contributed by atoms with E-state index in [1.165, 1.54) is 20.2 Å². The smallest absolute Gasteiger partial charge is 0.277 e. The molecule has 2 rings (SSSR count). The van der Waals surface area contributed by atoms with Crippen LogP contribution in [-0.2, 0) is 7.05 Å². The number of rotatable bonds is 3. The molecule has 1 aromatic heterocycles. The fraction of sp³-hybridized carbons (Fsp3) is 0.214. The third kappa shape index (κ3) is 2.40. The number of hydrogen-bond donors (Lipinski definition) is 0. The molecule has 2 aromatic rings. The molecule has 0 fully saturated rings. The molecule has 0 atom stereocenters. The molecule has 1 aromatic carbocycles. The molecule has 0 N–H and O–H groups in total. The van der Waals surface area contributed by atoms with Crippen LogP contribution in [0.15, 0.2) is 35.1 Å². The molecule has 19 heavy (non-hydrogen) atoms. The van der Waals surface area contributed by atoms with Crippen LogP contribution in [-0.4, -0.2) is 22.7 Å². The van der Waals surface area contributed by atoms with Gasteiger partial charge in [0.05, 0.1) is 23.9 Å². The van der Waals surface area contributed by atoms with Crippen LogP contribution in [0.3, 0.4) is 0 Å². The van der Waals surface area contributed by atoms with E-state index in [1.54, 1.807) is 31.2 Å². The number of methoxy groups -OCH3 is 1. The van der Waals surface area contributed by atoms with Crippen LogP contribution in [0, 0.1) is 6.92 Å². The third-order valence-electron chi connectivity index (χ3n) is 2.78. The molecule has 0 aliphatic carbocycles. The molecule has 5 nitrogen and oxygen atoms in total. The second-order valence-electron chi connectivity index (χ2n) is 4.16. The average Bonchev–Trinajstić information content (AvgIpc) is 2.42. The Balaban J connectivity index is 2.60. The van der Waals surface area contributed by atoms with Crippen molar-refractivity contribution in [2.24, 2.45) is 7.05 Å². The maximum absolute atomic E-state index is 12.4. The predicted octanol–water partition coefficient (Wildman–Crippen LogP) is 1.33. The Labute approximate surface area is 110 Å². The summed E-state index contributed by atoms with van der Waals surface area (Å²) in [4.78, 5) is 24.4. The van der Waals surface area contributed by atoms with E-state index >= 15 is 0 Å². The standard InChI is InChI=1S/C14H14N2O3/c1-9-8-11(14(18)16(2)15-9)13(17)10-6-4-5-7-12(10)19-3/h4-8H,1-3H3. The summed E-state index contributed by atoms with van der Waals surface area (Å²) in [5.74, 6) is 0.0903. The van der Waals surface area contributed by atoms with Crippen molar-refractivity contribution in [1.82, 2.24) is 9.78 Å². The summed E-state index contributed by atoms with van der Waals surface area (Å²) in [6.07, 6.45) is 0. The molecule has 0 spiro atoms. The molecule has 0 aliphatic heterocycles. The van der Waals surface area contributed by atoms with Gasteiger partial charge in [0.25, 0.3) is 5.56 Å². The number of aryl methyl sites for hydroxylation is 2. The number of carbonyl (C=O) groups excluding carboxylic acids is 1. The van der Waals surface area contributed by atoms with E-state index in [1.807, 2.05) is 0 Å². The first-order chi connectivity index (χ1) is 9.04. The highest BCUT2D eigenvalue weighted by molar-refractivity contribution is 6.10. The lowest BCUT2D eigenvalue weighted by Gasteiger charge is -2.08. The van der Waals surface area contributed by atoms with Gasteiger partial charge in [-0.2, -0.15) is 5.10 Å². The van der Waals surface area contributed by atoms with Crippen molar-refractivity contribution in [2.45, 2.75) is 6.92 Å². The molecule has 0 amide bonds. The highest BCUT2D eigenvalue weighted by Crippen LogP contribution is 2.19. The van der Waals surface area contributed by atoms with Gasteiger partial charge in [-0.1, -0.05) is 12.1 Å². The van der Waals surface area contributed by atoms with Crippen LogP contribution < -0.4 is 10.3 Å². The van der Waals surface area contributed by atoms with Crippen LogP contribution in [0.2, 0.25) is 0 Å². The summed E-state index contributed by atoms with van der Waals surface area (Å²) in [6, 6.07) is 8.32. The first-order valence-corrected chi connectivity index (χ1v) is 5.77. The molecule has 5 heteroatoms. The van der Waals surface area contributed by atoms with Crippen LogP contribution in [0.25, 0.3) is 0 Å². The molecule has 0 saturated heterocycles. The van der Waals surface area contributed by atoms with Gasteiger partial charge in [0.1, 0.15) is 5.75 Å². The average molecular weight is 258 g/mol. The van der Waals surface area contributed by atoms with Crippen molar-refractivity contribution in [3.8, 4) is 5.75 Å². The first-order valence-electron chi connectivity index (χ1n) is 5.77. The highest BCUT2D eigenvalue weighted by atomic mass is 16.5. The van der Waals surface area contributed by atoms with Gasteiger partial charge in [0.15, 0.2) is 0 Å². The zero-order chi connectivity index (χ0) is 14.0. The van der Waals surface area contributed by atoms with Crippen molar-refractivity contribution < 1.29 is 9.53 Å². The number of hydrogen-bond acceptors (Lipinski definition) is 4. The van der Waals surface area contributed by atoms with Gasteiger partial charge < -0.3 is 4.74 Å². The highest BCUT2D eigenvalue weighted by Gasteiger charge is 2.18. The quantitative estimate of drug-likeness (QED) is 0.779. The lowest BCUT2D eigenvalue weighted by atomic mass is 10.0. The molecule has 1 heterocycles. The van der Waals surface area contributed by atoms with E-state index in [0.29, 0.717) is 17.0 Å². The largest absolute Gasteiger partial charge is 0.496 e. The predicted molar refractivity (Wildman–Crippen MR) is 70.6 cm³/mol. The van der Waals surface area contributed by atoms with Gasteiger partial charge in [0.2, 0.25) is 5.78 Å². The maximum atomic E-state index is 12.4. The normalized spacial score (nSPS) is 10.3. The minimum Gasteiger partial charge on any atom is -0.496 e. The molecule has 0 radical (unpaired) electrons. The molecule has 0 saturated carbocycles. The summed E-state index contributed by atoms with van der Waals surface area (Å²) in [6.45, 7) is 1.73. The molecule has 0 unspecified atom stereocenters. The molecule has 98 valence electrons. The Bertz CT molecular complexity index is 689. The zero-order valence-corrected chi connectivity index (χ0v) is 11.0. The Morgan fingerprint density at radius 1 is 1.26 bits per heavy atom. The van der Waals surface area contributed by atoms with Crippen molar-refractivity contribution in [3.05, 3.63) is 57.5 Å². The summed E-state index contributed by atoms with van der Waals surface area (Å²) in [7, 11) is 3.01. The maximum Gasteiger partial charge on any atom is 0.277 e. The van der Waals surface area contributed by atoms with Crippen LogP contribution in [0.5, 0.6) is 5.75 Å². The Kier molecular flexibility index (Phi) is 3.46. The van der Waals surface area contributed by atoms with Gasteiger partial charge in [0, 0.05) is 7.05 Å². The van der Waals surface area contributed by atoms with Crippen molar-refractivity contribution >= 4 is 5.78 Å². The van der Waals surface area contributed by atoms with Crippen molar-refractivity contribution in [2.75, 3.05) is 7.11 Å². The zero-order valence-electron chi connectivity index (χ0n) is 11.0. The van der Waals surface area contributed by atoms with Gasteiger partial charge in [-0.15, -0.1) is 0 Å². The number of ether oxygens (including phenoxy) is 1. The summed E-state index contributed by atoms with van der Waals surface area (Å²) in [5, 5.41) is 3.97. The Morgan fingerprint density at radius 3 is 2.63 bits per heavy atom. The lowest BCUT2D eigenvalue weighted by Crippen LogP contribution is -2.27. The van der Waals surface area contributed by atoms with Crippen LogP contribution >= 0.6 is 0 Å². The first kappa shape index (κ1) is 13.0. The van der Waals surface area contributed by atoms with Crippen LogP contribution in [0.1, 0.15) is 21.6 Å². The number of carbonyl (C=O) groups is 1. The minimum absolute atomic E-state index is 0.0968. The van der Waals surface area contributed by atoms with Gasteiger partial charge >= 0.3 is 0 Å². The van der Waals surface area contributed by atoms with Crippen LogP contribution in [0.4, 0.5) is 0 Å². The molecule has 0 bridgehead atoms. The van der Waals surface area contributed by atoms with E-state index in [4.69, 9.17) is 4.74 Å². The minimum atomic E-state index is -0.415. The van der Waals surface area contributed by atoms with E-state index < -0.39 is 5.56 Å². The molecular weight excluding hydrogens is 244 g/mol. The van der Waals surface area contributed by atoms with E-state index in [-0.39, 0.29) is 11.3 Å². The number of nitrogens with zero attached hydrogens (tertiary/aromatic N) is 2. The second kappa shape index (κ2) is 5.06. The third-order valence-corrected chi connectivity index (χ3v) is 2.78. The van der Waals surface area contributed by atoms with Crippen molar-refractivity contribution in [3.63, 3.8) is 0 Å². The topological polar surface area (TPSA) is 61.2 Å². The summed E-state index contributed by atoms with van der Waals surface area (Å²) in [5.41, 5.74) is 0.661. The van der Waals surface area contributed by atoms with E-state index in [2.05, 4.69) is 5.10 Å². The van der Waals surface area contributed by atoms with E-state index in [9.17, 15) is 9.59 Å².